The van der Waals surface area contributed by atoms with E-state index >= 15 is 0 Å². The van der Waals surface area contributed by atoms with Crippen LogP contribution in [0.5, 0.6) is 17.2 Å². The first kappa shape index (κ1) is 19.1. The molecule has 0 radical (unpaired) electrons. The van der Waals surface area contributed by atoms with E-state index in [1.54, 1.807) is 30.3 Å². The van der Waals surface area contributed by atoms with Crippen molar-refractivity contribution in [3.8, 4) is 28.4 Å². The van der Waals surface area contributed by atoms with Crippen LogP contribution >= 0.6 is 0 Å². The van der Waals surface area contributed by atoms with Crippen molar-refractivity contribution in [1.29, 1.82) is 0 Å². The number of hydrogen-bond donors (Lipinski definition) is 2. The van der Waals surface area contributed by atoms with Crippen molar-refractivity contribution in [1.82, 2.24) is 0 Å². The summed E-state index contributed by atoms with van der Waals surface area (Å²) >= 11 is 0. The van der Waals surface area contributed by atoms with Crippen LogP contribution in [-0.4, -0.2) is 19.7 Å². The van der Waals surface area contributed by atoms with Gasteiger partial charge in [0.05, 0.1) is 0 Å². The standard InChI is InChI=1S/C22H22N2O4/c1-15-12-17(24)4-8-20(15)21-9-7-19(13-22(21)28-14-25)27-11-10-26-18-5-2-16(23)3-6-18/h2-9,12-14H,10-11,23-24H2,1H3. The molecule has 0 fully saturated rings. The molecule has 0 amide bonds. The summed E-state index contributed by atoms with van der Waals surface area (Å²) in [7, 11) is 0. The number of nitrogen functional groups attached to an aromatic ring is 2. The largest absolute Gasteiger partial charge is 0.490 e. The topological polar surface area (TPSA) is 96.8 Å². The molecule has 0 saturated carbocycles. The predicted molar refractivity (Wildman–Crippen MR) is 110 cm³/mol. The first-order valence-corrected chi connectivity index (χ1v) is 8.79. The molecule has 6 nitrogen and oxygen atoms in total. The van der Waals surface area contributed by atoms with Gasteiger partial charge in [0, 0.05) is 23.0 Å². The maximum atomic E-state index is 10.9. The molecule has 28 heavy (non-hydrogen) atoms. The Morgan fingerprint density at radius 2 is 1.39 bits per heavy atom. The lowest BCUT2D eigenvalue weighted by atomic mass is 9.99. The van der Waals surface area contributed by atoms with Crippen LogP contribution in [0.1, 0.15) is 5.56 Å². The molecule has 3 rings (SSSR count). The Kier molecular flexibility index (Phi) is 6.01. The van der Waals surface area contributed by atoms with Crippen LogP contribution in [0.2, 0.25) is 0 Å². The number of hydrogen-bond acceptors (Lipinski definition) is 6. The highest BCUT2D eigenvalue weighted by atomic mass is 16.5. The Hall–Kier alpha value is -3.67. The number of rotatable bonds is 8. The van der Waals surface area contributed by atoms with Gasteiger partial charge in [-0.25, -0.2) is 0 Å². The highest BCUT2D eigenvalue weighted by Gasteiger charge is 2.11. The fourth-order valence-corrected chi connectivity index (χ4v) is 2.84. The number of aryl methyl sites for hydroxylation is 1. The van der Waals surface area contributed by atoms with Gasteiger partial charge in [-0.15, -0.1) is 0 Å². The lowest BCUT2D eigenvalue weighted by Gasteiger charge is -2.14. The lowest BCUT2D eigenvalue weighted by Crippen LogP contribution is -2.09. The molecular weight excluding hydrogens is 356 g/mol. The van der Waals surface area contributed by atoms with Crippen molar-refractivity contribution in [2.45, 2.75) is 6.92 Å². The van der Waals surface area contributed by atoms with Crippen molar-refractivity contribution in [2.24, 2.45) is 0 Å². The molecule has 0 heterocycles. The molecule has 0 atom stereocenters. The van der Waals surface area contributed by atoms with Crippen LogP contribution in [0.3, 0.4) is 0 Å². The second kappa shape index (κ2) is 8.81. The number of carbonyl (C=O) groups is 1. The molecule has 0 unspecified atom stereocenters. The van der Waals surface area contributed by atoms with Gasteiger partial charge < -0.3 is 25.7 Å². The van der Waals surface area contributed by atoms with Crippen LogP contribution in [0.15, 0.2) is 60.7 Å². The van der Waals surface area contributed by atoms with Gasteiger partial charge >= 0.3 is 0 Å². The van der Waals surface area contributed by atoms with Crippen molar-refractivity contribution in [3.05, 3.63) is 66.2 Å². The number of nitrogens with two attached hydrogens (primary N) is 2. The third-order valence-electron chi connectivity index (χ3n) is 4.17. The van der Waals surface area contributed by atoms with Crippen LogP contribution in [0, 0.1) is 6.92 Å². The summed E-state index contributed by atoms with van der Waals surface area (Å²) in [5.74, 6) is 1.71. The molecular formula is C22H22N2O4. The summed E-state index contributed by atoms with van der Waals surface area (Å²) in [6, 6.07) is 18.1. The average Bonchev–Trinajstić information content (AvgIpc) is 2.68. The Labute approximate surface area is 163 Å². The molecule has 0 spiro atoms. The van der Waals surface area contributed by atoms with Crippen LogP contribution in [0.25, 0.3) is 11.1 Å². The normalized spacial score (nSPS) is 10.3. The Morgan fingerprint density at radius 3 is 2.07 bits per heavy atom. The third kappa shape index (κ3) is 4.73. The second-order valence-corrected chi connectivity index (χ2v) is 6.21. The number of carbonyl (C=O) groups excluding carboxylic acids is 1. The SMILES string of the molecule is Cc1cc(N)ccc1-c1ccc(OCCOc2ccc(N)cc2)cc1OC=O. The van der Waals surface area contributed by atoms with Gasteiger partial charge in [0.2, 0.25) is 0 Å². The second-order valence-electron chi connectivity index (χ2n) is 6.21. The highest BCUT2D eigenvalue weighted by molar-refractivity contribution is 5.76. The molecule has 0 saturated heterocycles. The zero-order valence-electron chi connectivity index (χ0n) is 15.6. The summed E-state index contributed by atoms with van der Waals surface area (Å²) in [6.07, 6.45) is 0. The van der Waals surface area contributed by atoms with Crippen molar-refractivity contribution < 1.29 is 19.0 Å². The first-order valence-electron chi connectivity index (χ1n) is 8.79. The molecule has 6 heteroatoms. The van der Waals surface area contributed by atoms with Crippen molar-refractivity contribution >= 4 is 17.8 Å². The number of anilines is 2. The van der Waals surface area contributed by atoms with Gasteiger partial charge in [0.1, 0.15) is 30.5 Å². The number of benzene rings is 3. The quantitative estimate of drug-likeness (QED) is 0.351. The summed E-state index contributed by atoms with van der Waals surface area (Å²) in [4.78, 5) is 10.9. The van der Waals surface area contributed by atoms with Gasteiger partial charge in [-0.3, -0.25) is 4.79 Å². The van der Waals surface area contributed by atoms with Crippen molar-refractivity contribution in [2.75, 3.05) is 24.7 Å². The molecule has 0 aliphatic heterocycles. The van der Waals surface area contributed by atoms with Gasteiger partial charge in [-0.05, 0) is 66.6 Å². The fourth-order valence-electron chi connectivity index (χ4n) is 2.84. The van der Waals surface area contributed by atoms with Gasteiger partial charge in [0.25, 0.3) is 6.47 Å². The van der Waals surface area contributed by atoms with E-state index in [4.69, 9.17) is 25.7 Å². The van der Waals surface area contributed by atoms with Crippen LogP contribution in [0.4, 0.5) is 11.4 Å². The molecule has 0 aromatic heterocycles. The fraction of sp³-hybridized carbons (Fsp3) is 0.136. The molecule has 3 aromatic carbocycles. The van der Waals surface area contributed by atoms with E-state index in [0.717, 1.165) is 22.4 Å². The number of ether oxygens (including phenoxy) is 3. The van der Waals surface area contributed by atoms with Gasteiger partial charge in [-0.1, -0.05) is 6.07 Å². The average molecular weight is 378 g/mol. The molecule has 4 N–H and O–H groups in total. The molecule has 0 bridgehead atoms. The van der Waals surface area contributed by atoms with Gasteiger partial charge in [-0.2, -0.15) is 0 Å². The molecule has 0 aliphatic rings. The monoisotopic (exact) mass is 378 g/mol. The van der Waals surface area contributed by atoms with E-state index in [1.807, 2.05) is 37.3 Å². The molecule has 3 aromatic rings. The maximum Gasteiger partial charge on any atom is 0.298 e. The van der Waals surface area contributed by atoms with Crippen LogP contribution < -0.4 is 25.7 Å². The minimum atomic E-state index is 0.338. The maximum absolute atomic E-state index is 10.9. The van der Waals surface area contributed by atoms with E-state index in [9.17, 15) is 4.79 Å². The zero-order valence-corrected chi connectivity index (χ0v) is 15.6. The lowest BCUT2D eigenvalue weighted by molar-refractivity contribution is -0.120. The highest BCUT2D eigenvalue weighted by Crippen LogP contribution is 2.35. The summed E-state index contributed by atoms with van der Waals surface area (Å²) in [5, 5.41) is 0. The third-order valence-corrected chi connectivity index (χ3v) is 4.17. The molecule has 0 aliphatic carbocycles. The van der Waals surface area contributed by atoms with E-state index in [-0.39, 0.29) is 0 Å². The minimum Gasteiger partial charge on any atom is -0.490 e. The zero-order chi connectivity index (χ0) is 19.9. The van der Waals surface area contributed by atoms with E-state index < -0.39 is 0 Å². The predicted octanol–water partition coefficient (Wildman–Crippen LogP) is 3.82. The smallest absolute Gasteiger partial charge is 0.298 e. The Balaban J connectivity index is 1.68. The first-order chi connectivity index (χ1) is 13.6. The molecule has 144 valence electrons. The summed E-state index contributed by atoms with van der Waals surface area (Å²) in [6.45, 7) is 3.06. The summed E-state index contributed by atoms with van der Waals surface area (Å²) in [5.41, 5.74) is 15.5. The minimum absolute atomic E-state index is 0.338. The van der Waals surface area contributed by atoms with Gasteiger partial charge in [0.15, 0.2) is 0 Å². The van der Waals surface area contributed by atoms with E-state index in [0.29, 0.717) is 42.6 Å². The van der Waals surface area contributed by atoms with E-state index in [2.05, 4.69) is 0 Å². The Bertz CT molecular complexity index is 955. The summed E-state index contributed by atoms with van der Waals surface area (Å²) < 4.78 is 16.5. The van der Waals surface area contributed by atoms with Crippen LogP contribution in [-0.2, 0) is 4.79 Å². The van der Waals surface area contributed by atoms with Crippen molar-refractivity contribution in [3.63, 3.8) is 0 Å². The Morgan fingerprint density at radius 1 is 0.786 bits per heavy atom. The van der Waals surface area contributed by atoms with E-state index in [1.165, 1.54) is 0 Å².